The molecule has 25 heavy (non-hydrogen) atoms. The Bertz CT molecular complexity index is 598. The van der Waals surface area contributed by atoms with Crippen LogP contribution in [0.4, 0.5) is 13.2 Å². The van der Waals surface area contributed by atoms with E-state index in [0.29, 0.717) is 25.9 Å². The minimum Gasteiger partial charge on any atom is -0.332 e. The summed E-state index contributed by atoms with van der Waals surface area (Å²) >= 11 is 1.68. The van der Waals surface area contributed by atoms with E-state index in [1.54, 1.807) is 11.3 Å². The molecule has 0 aromatic carbocycles. The van der Waals surface area contributed by atoms with E-state index >= 15 is 0 Å². The molecule has 1 amide bonds. The molecule has 0 radical (unpaired) electrons. The van der Waals surface area contributed by atoms with Crippen LogP contribution in [0, 0.1) is 6.92 Å². The molecule has 2 aliphatic rings. The van der Waals surface area contributed by atoms with E-state index in [0.717, 1.165) is 29.5 Å². The van der Waals surface area contributed by atoms with Crippen molar-refractivity contribution >= 4 is 17.2 Å². The average Bonchev–Trinajstić information content (AvgIpc) is 2.94. The molecule has 5 nitrogen and oxygen atoms in total. The van der Waals surface area contributed by atoms with Gasteiger partial charge in [-0.2, -0.15) is 13.2 Å². The lowest BCUT2D eigenvalue weighted by Gasteiger charge is -2.42. The maximum absolute atomic E-state index is 12.6. The van der Waals surface area contributed by atoms with Gasteiger partial charge in [0.2, 0.25) is 5.91 Å². The van der Waals surface area contributed by atoms with Crippen molar-refractivity contribution in [1.82, 2.24) is 19.7 Å². The number of likely N-dealkylation sites (tertiary alicyclic amines) is 1. The number of alkyl halides is 3. The molecular weight excluding hydrogens is 353 g/mol. The Hall–Kier alpha value is -1.19. The number of thiazole rings is 1. The summed E-state index contributed by atoms with van der Waals surface area (Å²) in [6.45, 7) is 4.97. The van der Waals surface area contributed by atoms with Gasteiger partial charge in [-0.15, -0.1) is 11.3 Å². The number of hydrogen-bond donors (Lipinski definition) is 0. The molecule has 1 unspecified atom stereocenters. The molecule has 2 fully saturated rings. The van der Waals surface area contributed by atoms with Crippen LogP contribution in [0.2, 0.25) is 0 Å². The highest BCUT2D eigenvalue weighted by Gasteiger charge is 2.39. The van der Waals surface area contributed by atoms with Crippen LogP contribution in [0.25, 0.3) is 0 Å². The largest absolute Gasteiger partial charge is 0.406 e. The van der Waals surface area contributed by atoms with Crippen molar-refractivity contribution < 1.29 is 18.0 Å². The van der Waals surface area contributed by atoms with Gasteiger partial charge in [-0.1, -0.05) is 0 Å². The molecule has 0 N–H and O–H groups in total. The summed E-state index contributed by atoms with van der Waals surface area (Å²) in [5.74, 6) is -0.366. The van der Waals surface area contributed by atoms with Gasteiger partial charge in [0.05, 0.1) is 11.0 Å². The number of piperazine rings is 1. The molecule has 0 aliphatic carbocycles. The third-order valence-corrected chi connectivity index (χ3v) is 5.67. The van der Waals surface area contributed by atoms with Gasteiger partial charge in [-0.05, 0) is 19.8 Å². The number of halogens is 3. The second-order valence-corrected chi connectivity index (χ2v) is 8.01. The zero-order valence-electron chi connectivity index (χ0n) is 14.3. The van der Waals surface area contributed by atoms with Crippen molar-refractivity contribution in [2.24, 2.45) is 0 Å². The lowest BCUT2D eigenvalue weighted by Crippen LogP contribution is -2.58. The van der Waals surface area contributed by atoms with Crippen molar-refractivity contribution in [2.75, 3.05) is 39.3 Å². The molecule has 1 aromatic rings. The van der Waals surface area contributed by atoms with Crippen LogP contribution in [0.3, 0.4) is 0 Å². The van der Waals surface area contributed by atoms with E-state index in [9.17, 15) is 18.0 Å². The van der Waals surface area contributed by atoms with Crippen molar-refractivity contribution in [1.29, 1.82) is 0 Å². The molecule has 3 heterocycles. The highest BCUT2D eigenvalue weighted by Crippen LogP contribution is 2.24. The van der Waals surface area contributed by atoms with E-state index in [1.807, 2.05) is 13.1 Å². The Morgan fingerprint density at radius 1 is 1.24 bits per heavy atom. The minimum absolute atomic E-state index is 0.208. The SMILES string of the molecule is Cc1ncc(CN2CCN(C3CCCN(CC(F)(F)F)C3=O)CC2)s1. The fourth-order valence-corrected chi connectivity index (χ4v) is 4.40. The number of nitrogens with zero attached hydrogens (tertiary/aromatic N) is 4. The van der Waals surface area contributed by atoms with Gasteiger partial charge in [-0.3, -0.25) is 14.6 Å². The van der Waals surface area contributed by atoms with Crippen LogP contribution in [0.1, 0.15) is 22.7 Å². The van der Waals surface area contributed by atoms with E-state index in [2.05, 4.69) is 14.8 Å². The van der Waals surface area contributed by atoms with Crippen LogP contribution >= 0.6 is 11.3 Å². The Morgan fingerprint density at radius 3 is 2.56 bits per heavy atom. The normalized spacial score (nSPS) is 24.1. The number of carbonyl (C=O) groups is 1. The average molecular weight is 376 g/mol. The zero-order chi connectivity index (χ0) is 18.0. The van der Waals surface area contributed by atoms with E-state index in [4.69, 9.17) is 0 Å². The molecule has 0 spiro atoms. The van der Waals surface area contributed by atoms with Crippen LogP contribution < -0.4 is 0 Å². The first-order chi connectivity index (χ1) is 11.8. The van der Waals surface area contributed by atoms with E-state index in [1.165, 1.54) is 4.88 Å². The summed E-state index contributed by atoms with van der Waals surface area (Å²) in [5.41, 5.74) is 0. The van der Waals surface area contributed by atoms with Crippen LogP contribution in [0.5, 0.6) is 0 Å². The third kappa shape index (κ3) is 4.92. The lowest BCUT2D eigenvalue weighted by molar-refractivity contribution is -0.168. The number of aromatic nitrogens is 1. The van der Waals surface area contributed by atoms with Crippen molar-refractivity contribution in [2.45, 2.75) is 38.5 Å². The summed E-state index contributed by atoms with van der Waals surface area (Å²) in [5, 5.41) is 1.05. The maximum atomic E-state index is 12.6. The van der Waals surface area contributed by atoms with Gasteiger partial charge < -0.3 is 4.90 Å². The fourth-order valence-electron chi connectivity index (χ4n) is 3.56. The number of amides is 1. The first-order valence-electron chi connectivity index (χ1n) is 8.55. The first kappa shape index (κ1) is 18.6. The smallest absolute Gasteiger partial charge is 0.332 e. The van der Waals surface area contributed by atoms with Crippen molar-refractivity contribution in [3.8, 4) is 0 Å². The second kappa shape index (κ2) is 7.59. The summed E-state index contributed by atoms with van der Waals surface area (Å²) in [4.78, 5) is 23.3. The maximum Gasteiger partial charge on any atom is 0.406 e. The van der Waals surface area contributed by atoms with E-state index < -0.39 is 18.8 Å². The Morgan fingerprint density at radius 2 is 1.96 bits per heavy atom. The quantitative estimate of drug-likeness (QED) is 0.807. The molecular formula is C16H23F3N4OS. The first-order valence-corrected chi connectivity index (χ1v) is 9.37. The van der Waals surface area contributed by atoms with Crippen molar-refractivity contribution in [3.05, 3.63) is 16.1 Å². The predicted molar refractivity (Wildman–Crippen MR) is 89.4 cm³/mol. The topological polar surface area (TPSA) is 39.7 Å². The molecule has 1 atom stereocenters. The van der Waals surface area contributed by atoms with Gasteiger partial charge in [0.1, 0.15) is 6.54 Å². The Balaban J connectivity index is 1.52. The lowest BCUT2D eigenvalue weighted by atomic mass is 10.0. The standard InChI is InChI=1S/C16H23F3N4OS/c1-12-20-9-13(25-12)10-21-5-7-22(8-6-21)14-3-2-4-23(15(14)24)11-16(17,18)19/h9,14H,2-8,10-11H2,1H3. The highest BCUT2D eigenvalue weighted by atomic mass is 32.1. The van der Waals surface area contributed by atoms with Gasteiger partial charge in [-0.25, -0.2) is 4.98 Å². The molecule has 140 valence electrons. The van der Waals surface area contributed by atoms with E-state index in [-0.39, 0.29) is 12.5 Å². The number of aryl methyl sites for hydroxylation is 1. The minimum atomic E-state index is -4.33. The Labute approximate surface area is 149 Å². The molecule has 2 saturated heterocycles. The van der Waals surface area contributed by atoms with Gasteiger partial charge in [0.15, 0.2) is 0 Å². The Kier molecular flexibility index (Phi) is 5.65. The zero-order valence-corrected chi connectivity index (χ0v) is 15.1. The number of hydrogen-bond acceptors (Lipinski definition) is 5. The van der Waals surface area contributed by atoms with Crippen LogP contribution in [-0.2, 0) is 11.3 Å². The number of rotatable bonds is 4. The molecule has 3 rings (SSSR count). The van der Waals surface area contributed by atoms with Crippen LogP contribution in [-0.4, -0.2) is 77.1 Å². The second-order valence-electron chi connectivity index (χ2n) is 6.69. The van der Waals surface area contributed by atoms with Crippen molar-refractivity contribution in [3.63, 3.8) is 0 Å². The van der Waals surface area contributed by atoms with Crippen LogP contribution in [0.15, 0.2) is 6.20 Å². The van der Waals surface area contributed by atoms with Gasteiger partial charge in [0.25, 0.3) is 0 Å². The number of carbonyl (C=O) groups excluding carboxylic acids is 1. The van der Waals surface area contributed by atoms with Gasteiger partial charge in [0, 0.05) is 50.3 Å². The monoisotopic (exact) mass is 376 g/mol. The summed E-state index contributed by atoms with van der Waals surface area (Å²) in [6, 6.07) is -0.399. The third-order valence-electron chi connectivity index (χ3n) is 4.77. The summed E-state index contributed by atoms with van der Waals surface area (Å²) < 4.78 is 37.9. The summed E-state index contributed by atoms with van der Waals surface area (Å²) in [6.07, 6.45) is -1.15. The molecule has 9 heteroatoms. The fraction of sp³-hybridized carbons (Fsp3) is 0.750. The highest BCUT2D eigenvalue weighted by molar-refractivity contribution is 7.11. The molecule has 0 bridgehead atoms. The predicted octanol–water partition coefficient (Wildman–Crippen LogP) is 2.12. The molecule has 1 aromatic heterocycles. The van der Waals surface area contributed by atoms with Gasteiger partial charge >= 0.3 is 6.18 Å². The molecule has 0 saturated carbocycles. The summed E-state index contributed by atoms with van der Waals surface area (Å²) in [7, 11) is 0. The molecule has 2 aliphatic heterocycles. The number of piperidine rings is 1.